The topological polar surface area (TPSA) is 84.0 Å². The highest BCUT2D eigenvalue weighted by atomic mass is 16.6. The number of amides is 2. The maximum Gasteiger partial charge on any atom is 0.307 e. The first-order valence-electron chi connectivity index (χ1n) is 11.2. The van der Waals surface area contributed by atoms with E-state index < -0.39 is 29.6 Å². The lowest BCUT2D eigenvalue weighted by Gasteiger charge is -2.36. The molecular formula is C24H28N2O5. The summed E-state index contributed by atoms with van der Waals surface area (Å²) in [5.74, 6) is -1.72. The fourth-order valence-electron chi connectivity index (χ4n) is 6.44. The number of likely N-dealkylation sites (tertiary alicyclic amines) is 1. The highest BCUT2D eigenvalue weighted by Gasteiger charge is 2.77. The van der Waals surface area contributed by atoms with Gasteiger partial charge in [-0.25, -0.2) is 0 Å². The average Bonchev–Trinajstić information content (AvgIpc) is 3.41. The number of ketones is 1. The van der Waals surface area contributed by atoms with Crippen LogP contribution in [0.25, 0.3) is 0 Å². The fourth-order valence-corrected chi connectivity index (χ4v) is 6.44. The van der Waals surface area contributed by atoms with Crippen molar-refractivity contribution in [2.45, 2.75) is 83.0 Å². The van der Waals surface area contributed by atoms with Gasteiger partial charge in [0, 0.05) is 18.2 Å². The first-order chi connectivity index (χ1) is 14.8. The fraction of sp³-hybridized carbons (Fsp3) is 0.583. The first kappa shape index (κ1) is 20.2. The van der Waals surface area contributed by atoms with E-state index in [1.54, 1.807) is 4.90 Å². The number of Topliss-reactive ketones (excluding diaryl/α,β-unsaturated/α-hetero) is 1. The summed E-state index contributed by atoms with van der Waals surface area (Å²) >= 11 is 0. The van der Waals surface area contributed by atoms with Crippen LogP contribution in [-0.4, -0.2) is 52.2 Å². The van der Waals surface area contributed by atoms with Crippen molar-refractivity contribution >= 4 is 29.3 Å². The van der Waals surface area contributed by atoms with Gasteiger partial charge in [0.05, 0.1) is 18.4 Å². The minimum Gasteiger partial charge on any atom is -0.453 e. The Kier molecular flexibility index (Phi) is 4.50. The number of carbonyl (C=O) groups is 4. The Morgan fingerprint density at radius 3 is 2.48 bits per heavy atom. The lowest BCUT2D eigenvalue weighted by atomic mass is 9.79. The summed E-state index contributed by atoms with van der Waals surface area (Å²) in [5, 5.41) is 0. The van der Waals surface area contributed by atoms with E-state index in [2.05, 4.69) is 0 Å². The van der Waals surface area contributed by atoms with Gasteiger partial charge in [-0.2, -0.15) is 0 Å². The van der Waals surface area contributed by atoms with E-state index in [0.29, 0.717) is 5.69 Å². The summed E-state index contributed by atoms with van der Waals surface area (Å²) in [6.45, 7) is 5.39. The molecule has 0 aromatic heterocycles. The molecule has 4 aliphatic rings. The number of ether oxygens (including phenoxy) is 1. The molecule has 1 spiro atoms. The van der Waals surface area contributed by atoms with Gasteiger partial charge in [0.25, 0.3) is 5.91 Å². The molecule has 1 aromatic carbocycles. The molecule has 5 rings (SSSR count). The number of carbonyl (C=O) groups excluding carboxylic acids is 4. The lowest BCUT2D eigenvalue weighted by Crippen LogP contribution is -2.53. The maximum atomic E-state index is 13.9. The van der Waals surface area contributed by atoms with Crippen LogP contribution in [0.2, 0.25) is 0 Å². The van der Waals surface area contributed by atoms with Gasteiger partial charge in [-0.1, -0.05) is 30.5 Å². The van der Waals surface area contributed by atoms with Crippen molar-refractivity contribution in [1.82, 2.24) is 4.90 Å². The summed E-state index contributed by atoms with van der Waals surface area (Å²) in [5.41, 5.74) is 1.34. The summed E-state index contributed by atoms with van der Waals surface area (Å²) in [6.07, 6.45) is 3.86. The van der Waals surface area contributed by atoms with Crippen molar-refractivity contribution in [3.8, 4) is 0 Å². The molecule has 3 heterocycles. The van der Waals surface area contributed by atoms with Crippen LogP contribution >= 0.6 is 0 Å². The van der Waals surface area contributed by atoms with Crippen LogP contribution in [0.4, 0.5) is 5.69 Å². The number of benzene rings is 1. The second kappa shape index (κ2) is 6.90. The van der Waals surface area contributed by atoms with Crippen molar-refractivity contribution in [2.75, 3.05) is 4.90 Å². The number of hydrogen-bond donors (Lipinski definition) is 0. The predicted octanol–water partition coefficient (Wildman–Crippen LogP) is 2.45. The van der Waals surface area contributed by atoms with E-state index in [0.717, 1.165) is 36.8 Å². The quantitative estimate of drug-likeness (QED) is 0.694. The van der Waals surface area contributed by atoms with E-state index in [9.17, 15) is 19.2 Å². The normalized spacial score (nSPS) is 32.6. The van der Waals surface area contributed by atoms with E-state index in [-0.39, 0.29) is 36.5 Å². The molecule has 4 fully saturated rings. The van der Waals surface area contributed by atoms with Crippen LogP contribution in [0, 0.1) is 19.8 Å². The van der Waals surface area contributed by atoms with Gasteiger partial charge in [-0.05, 0) is 45.2 Å². The van der Waals surface area contributed by atoms with Gasteiger partial charge in [0.15, 0.2) is 11.6 Å². The SMILES string of the molecule is CC(=O)C[C@@H]1N(C2CCCC2)C(=O)[C@H]2N(c3ccc(C)cc3C)C(=O)[C@@H]3CC(=O)O[C@@]132. The standard InChI is InChI=1S/C24H28N2O5/c1-13-8-9-18(14(2)10-13)26-21-23(30)25(16-6-4-5-7-16)19(11-15(3)27)24(21)17(22(26)29)12-20(28)31-24/h8-10,16-17,19,21H,4-7,11-12H2,1-3H3/t17-,19-,21+,24+/m0/s1. The second-order valence-corrected chi connectivity index (χ2v) is 9.59. The highest BCUT2D eigenvalue weighted by Crippen LogP contribution is 2.56. The molecule has 1 aromatic rings. The first-order valence-corrected chi connectivity index (χ1v) is 11.2. The van der Waals surface area contributed by atoms with Gasteiger partial charge in [-0.3, -0.25) is 24.1 Å². The predicted molar refractivity (Wildman–Crippen MR) is 112 cm³/mol. The van der Waals surface area contributed by atoms with Crippen LogP contribution in [0.5, 0.6) is 0 Å². The van der Waals surface area contributed by atoms with Crippen molar-refractivity contribution in [3.63, 3.8) is 0 Å². The van der Waals surface area contributed by atoms with Crippen molar-refractivity contribution in [3.05, 3.63) is 29.3 Å². The van der Waals surface area contributed by atoms with Crippen LogP contribution < -0.4 is 4.90 Å². The Labute approximate surface area is 181 Å². The average molecular weight is 424 g/mol. The molecule has 1 saturated carbocycles. The number of rotatable bonds is 4. The molecule has 31 heavy (non-hydrogen) atoms. The van der Waals surface area contributed by atoms with Gasteiger partial charge in [-0.15, -0.1) is 0 Å². The largest absolute Gasteiger partial charge is 0.453 e. The molecule has 164 valence electrons. The molecule has 7 nitrogen and oxygen atoms in total. The number of nitrogens with zero attached hydrogens (tertiary/aromatic N) is 2. The lowest BCUT2D eigenvalue weighted by molar-refractivity contribution is -0.153. The molecule has 3 aliphatic heterocycles. The summed E-state index contributed by atoms with van der Waals surface area (Å²) < 4.78 is 5.94. The van der Waals surface area contributed by atoms with Gasteiger partial charge >= 0.3 is 5.97 Å². The third-order valence-corrected chi connectivity index (χ3v) is 7.58. The highest BCUT2D eigenvalue weighted by molar-refractivity contribution is 6.12. The van der Waals surface area contributed by atoms with Crippen molar-refractivity contribution in [1.29, 1.82) is 0 Å². The minimum atomic E-state index is -1.29. The number of esters is 1. The Hall–Kier alpha value is -2.70. The monoisotopic (exact) mass is 424 g/mol. The van der Waals surface area contributed by atoms with E-state index >= 15 is 0 Å². The van der Waals surface area contributed by atoms with Crippen LogP contribution in [0.3, 0.4) is 0 Å². The van der Waals surface area contributed by atoms with Crippen molar-refractivity contribution < 1.29 is 23.9 Å². The minimum absolute atomic E-state index is 0.0212. The zero-order valence-corrected chi connectivity index (χ0v) is 18.2. The Morgan fingerprint density at radius 2 is 1.84 bits per heavy atom. The number of hydrogen-bond acceptors (Lipinski definition) is 5. The Bertz CT molecular complexity index is 998. The molecule has 0 radical (unpaired) electrons. The van der Waals surface area contributed by atoms with Gasteiger partial charge < -0.3 is 9.64 Å². The maximum absolute atomic E-state index is 13.9. The van der Waals surface area contributed by atoms with Gasteiger partial charge in [0.1, 0.15) is 5.78 Å². The third-order valence-electron chi connectivity index (χ3n) is 7.58. The van der Waals surface area contributed by atoms with E-state index in [4.69, 9.17) is 4.74 Å². The summed E-state index contributed by atoms with van der Waals surface area (Å²) in [4.78, 5) is 55.7. The molecule has 0 unspecified atom stereocenters. The van der Waals surface area contributed by atoms with Crippen molar-refractivity contribution in [2.24, 2.45) is 5.92 Å². The molecule has 2 amide bonds. The second-order valence-electron chi connectivity index (χ2n) is 9.59. The Balaban J connectivity index is 1.68. The molecule has 4 atom stereocenters. The summed E-state index contributed by atoms with van der Waals surface area (Å²) in [7, 11) is 0. The van der Waals surface area contributed by atoms with Crippen LogP contribution in [0.1, 0.15) is 56.6 Å². The molecule has 0 bridgehead atoms. The van der Waals surface area contributed by atoms with E-state index in [1.165, 1.54) is 6.92 Å². The summed E-state index contributed by atoms with van der Waals surface area (Å²) in [6, 6.07) is 4.28. The number of anilines is 1. The van der Waals surface area contributed by atoms with Gasteiger partial charge in [0.2, 0.25) is 5.91 Å². The molecule has 0 N–H and O–H groups in total. The number of aryl methyl sites for hydroxylation is 2. The Morgan fingerprint density at radius 1 is 1.13 bits per heavy atom. The molecule has 3 saturated heterocycles. The van der Waals surface area contributed by atoms with Crippen LogP contribution in [0.15, 0.2) is 18.2 Å². The molecular weight excluding hydrogens is 396 g/mol. The third kappa shape index (κ3) is 2.71. The van der Waals surface area contributed by atoms with Crippen LogP contribution in [-0.2, 0) is 23.9 Å². The van der Waals surface area contributed by atoms with E-state index in [1.807, 2.05) is 36.9 Å². The molecule has 7 heteroatoms. The zero-order chi connectivity index (χ0) is 22.1. The zero-order valence-electron chi connectivity index (χ0n) is 18.2. The smallest absolute Gasteiger partial charge is 0.307 e. The molecule has 1 aliphatic carbocycles.